The summed E-state index contributed by atoms with van der Waals surface area (Å²) in [5.41, 5.74) is 0.804. The molecule has 0 aliphatic heterocycles. The van der Waals surface area contributed by atoms with Crippen molar-refractivity contribution in [2.75, 3.05) is 0 Å². The Morgan fingerprint density at radius 3 is 2.54 bits per heavy atom. The maximum atomic E-state index is 12.8. The minimum atomic E-state index is -0.248. The summed E-state index contributed by atoms with van der Waals surface area (Å²) in [6, 6.07) is 10.1. The molecule has 0 amide bonds. The van der Waals surface area contributed by atoms with Crippen molar-refractivity contribution in [2.45, 2.75) is 6.61 Å². The zero-order valence-electron chi connectivity index (χ0n) is 7.00. The first kappa shape index (κ1) is 8.20. The van der Waals surface area contributed by atoms with Crippen molar-refractivity contribution in [1.29, 1.82) is 0 Å². The second kappa shape index (κ2) is 3.15. The molecule has 2 heteroatoms. The standard InChI is InChI=1S/C11H9FO/c12-11-4-3-9-2-1-8(7-13)5-10(9)6-11/h1-6,13H,7H2. The van der Waals surface area contributed by atoms with Gasteiger partial charge in [-0.25, -0.2) is 4.39 Å². The third kappa shape index (κ3) is 1.53. The van der Waals surface area contributed by atoms with Gasteiger partial charge in [-0.3, -0.25) is 0 Å². The van der Waals surface area contributed by atoms with Crippen LogP contribution in [0.3, 0.4) is 0 Å². The topological polar surface area (TPSA) is 20.2 Å². The molecule has 0 saturated carbocycles. The second-order valence-corrected chi connectivity index (χ2v) is 2.98. The predicted molar refractivity (Wildman–Crippen MR) is 49.8 cm³/mol. The Morgan fingerprint density at radius 1 is 1.00 bits per heavy atom. The van der Waals surface area contributed by atoms with Gasteiger partial charge in [0.25, 0.3) is 0 Å². The van der Waals surface area contributed by atoms with E-state index in [1.165, 1.54) is 12.1 Å². The van der Waals surface area contributed by atoms with Gasteiger partial charge in [-0.15, -0.1) is 0 Å². The van der Waals surface area contributed by atoms with Crippen LogP contribution in [-0.4, -0.2) is 5.11 Å². The van der Waals surface area contributed by atoms with Gasteiger partial charge in [-0.05, 0) is 34.5 Å². The van der Waals surface area contributed by atoms with E-state index >= 15 is 0 Å². The number of aliphatic hydroxyl groups is 1. The van der Waals surface area contributed by atoms with Crippen LogP contribution >= 0.6 is 0 Å². The summed E-state index contributed by atoms with van der Waals surface area (Å²) >= 11 is 0. The lowest BCUT2D eigenvalue weighted by Gasteiger charge is -2.00. The van der Waals surface area contributed by atoms with Gasteiger partial charge in [0.2, 0.25) is 0 Å². The van der Waals surface area contributed by atoms with Crippen molar-refractivity contribution in [2.24, 2.45) is 0 Å². The highest BCUT2D eigenvalue weighted by Crippen LogP contribution is 2.17. The molecule has 13 heavy (non-hydrogen) atoms. The van der Waals surface area contributed by atoms with Gasteiger partial charge in [0.15, 0.2) is 0 Å². The van der Waals surface area contributed by atoms with E-state index in [4.69, 9.17) is 5.11 Å². The van der Waals surface area contributed by atoms with E-state index in [2.05, 4.69) is 0 Å². The van der Waals surface area contributed by atoms with Crippen LogP contribution in [0.5, 0.6) is 0 Å². The van der Waals surface area contributed by atoms with Gasteiger partial charge in [0.05, 0.1) is 6.61 Å². The van der Waals surface area contributed by atoms with Crippen molar-refractivity contribution in [1.82, 2.24) is 0 Å². The molecule has 2 rings (SSSR count). The molecule has 0 spiro atoms. The molecule has 0 heterocycles. The average molecular weight is 176 g/mol. The fourth-order valence-corrected chi connectivity index (χ4v) is 1.37. The van der Waals surface area contributed by atoms with E-state index in [1.54, 1.807) is 12.1 Å². The van der Waals surface area contributed by atoms with Crippen molar-refractivity contribution in [3.05, 3.63) is 47.8 Å². The van der Waals surface area contributed by atoms with Crippen molar-refractivity contribution < 1.29 is 9.50 Å². The monoisotopic (exact) mass is 176 g/mol. The Kier molecular flexibility index (Phi) is 1.99. The van der Waals surface area contributed by atoms with Crippen LogP contribution in [0.25, 0.3) is 10.8 Å². The van der Waals surface area contributed by atoms with Gasteiger partial charge in [-0.1, -0.05) is 18.2 Å². The molecule has 2 aromatic rings. The molecule has 0 atom stereocenters. The number of fused-ring (bicyclic) bond motifs is 1. The maximum Gasteiger partial charge on any atom is 0.123 e. The quantitative estimate of drug-likeness (QED) is 0.707. The molecule has 0 unspecified atom stereocenters. The molecule has 0 aromatic heterocycles. The summed E-state index contributed by atoms with van der Waals surface area (Å²) in [7, 11) is 0. The predicted octanol–water partition coefficient (Wildman–Crippen LogP) is 2.47. The minimum absolute atomic E-state index is 0.00749. The molecule has 0 saturated heterocycles. The summed E-state index contributed by atoms with van der Waals surface area (Å²) in [6.07, 6.45) is 0. The molecule has 1 N–H and O–H groups in total. The number of hydrogen-bond donors (Lipinski definition) is 1. The summed E-state index contributed by atoms with van der Waals surface area (Å²) in [4.78, 5) is 0. The molecule has 0 aliphatic carbocycles. The highest BCUT2D eigenvalue weighted by Gasteiger charge is 1.96. The lowest BCUT2D eigenvalue weighted by atomic mass is 10.1. The molecule has 1 nitrogen and oxygen atoms in total. The Morgan fingerprint density at radius 2 is 1.77 bits per heavy atom. The van der Waals surface area contributed by atoms with E-state index in [0.29, 0.717) is 0 Å². The number of benzene rings is 2. The molecule has 0 radical (unpaired) electrons. The highest BCUT2D eigenvalue weighted by molar-refractivity contribution is 5.83. The van der Waals surface area contributed by atoms with Crippen LogP contribution in [0, 0.1) is 5.82 Å². The highest BCUT2D eigenvalue weighted by atomic mass is 19.1. The van der Waals surface area contributed by atoms with Crippen LogP contribution in [-0.2, 0) is 6.61 Å². The Bertz CT molecular complexity index is 437. The minimum Gasteiger partial charge on any atom is -0.392 e. The Labute approximate surface area is 75.4 Å². The van der Waals surface area contributed by atoms with E-state index < -0.39 is 0 Å². The van der Waals surface area contributed by atoms with Crippen LogP contribution in [0.2, 0.25) is 0 Å². The molecular weight excluding hydrogens is 167 g/mol. The number of aliphatic hydroxyl groups excluding tert-OH is 1. The molecule has 0 aliphatic rings. The van der Waals surface area contributed by atoms with Crippen LogP contribution in [0.1, 0.15) is 5.56 Å². The number of rotatable bonds is 1. The van der Waals surface area contributed by atoms with Gasteiger partial charge in [-0.2, -0.15) is 0 Å². The van der Waals surface area contributed by atoms with Gasteiger partial charge < -0.3 is 5.11 Å². The molecule has 0 bridgehead atoms. The van der Waals surface area contributed by atoms with Gasteiger partial charge in [0, 0.05) is 0 Å². The SMILES string of the molecule is OCc1ccc2ccc(F)cc2c1. The first-order valence-electron chi connectivity index (χ1n) is 4.08. The maximum absolute atomic E-state index is 12.8. The van der Waals surface area contributed by atoms with Crippen LogP contribution in [0.15, 0.2) is 36.4 Å². The average Bonchev–Trinajstić information content (AvgIpc) is 2.16. The molecule has 2 aromatic carbocycles. The normalized spacial score (nSPS) is 10.6. The van der Waals surface area contributed by atoms with Crippen LogP contribution < -0.4 is 0 Å². The fourth-order valence-electron chi connectivity index (χ4n) is 1.37. The fraction of sp³-hybridized carbons (Fsp3) is 0.0909. The Hall–Kier alpha value is -1.41. The molecule has 66 valence electrons. The molecule has 0 fully saturated rings. The number of hydrogen-bond acceptors (Lipinski definition) is 1. The number of halogens is 1. The van der Waals surface area contributed by atoms with Crippen molar-refractivity contribution >= 4 is 10.8 Å². The largest absolute Gasteiger partial charge is 0.392 e. The Balaban J connectivity index is 2.68. The summed E-state index contributed by atoms with van der Waals surface area (Å²) in [6.45, 7) is -0.00749. The lowest BCUT2D eigenvalue weighted by molar-refractivity contribution is 0.282. The zero-order chi connectivity index (χ0) is 9.26. The third-order valence-electron chi connectivity index (χ3n) is 2.05. The van der Waals surface area contributed by atoms with Gasteiger partial charge in [0.1, 0.15) is 5.82 Å². The van der Waals surface area contributed by atoms with E-state index in [9.17, 15) is 4.39 Å². The van der Waals surface area contributed by atoms with E-state index in [-0.39, 0.29) is 12.4 Å². The van der Waals surface area contributed by atoms with Crippen molar-refractivity contribution in [3.63, 3.8) is 0 Å². The lowest BCUT2D eigenvalue weighted by Crippen LogP contribution is -1.83. The molecular formula is C11H9FO. The smallest absolute Gasteiger partial charge is 0.123 e. The third-order valence-corrected chi connectivity index (χ3v) is 2.05. The second-order valence-electron chi connectivity index (χ2n) is 2.98. The van der Waals surface area contributed by atoms with E-state index in [0.717, 1.165) is 16.3 Å². The van der Waals surface area contributed by atoms with Crippen LogP contribution in [0.4, 0.5) is 4.39 Å². The summed E-state index contributed by atoms with van der Waals surface area (Å²) in [5.74, 6) is -0.248. The summed E-state index contributed by atoms with van der Waals surface area (Å²) in [5, 5.41) is 10.7. The first-order valence-corrected chi connectivity index (χ1v) is 4.08. The van der Waals surface area contributed by atoms with Gasteiger partial charge >= 0.3 is 0 Å². The summed E-state index contributed by atoms with van der Waals surface area (Å²) < 4.78 is 12.8. The first-order chi connectivity index (χ1) is 6.29. The van der Waals surface area contributed by atoms with Crippen molar-refractivity contribution in [3.8, 4) is 0 Å². The zero-order valence-corrected chi connectivity index (χ0v) is 7.00. The van der Waals surface area contributed by atoms with E-state index in [1.807, 2.05) is 12.1 Å².